The van der Waals surface area contributed by atoms with Gasteiger partial charge in [0.1, 0.15) is 5.03 Å². The first-order chi connectivity index (χ1) is 8.88. The van der Waals surface area contributed by atoms with Crippen LogP contribution in [0.1, 0.15) is 5.56 Å². The lowest BCUT2D eigenvalue weighted by Crippen LogP contribution is -2.06. The minimum absolute atomic E-state index is 0.0623. The lowest BCUT2D eigenvalue weighted by Gasteiger charge is -2.13. The first-order valence-electron chi connectivity index (χ1n) is 5.13. The van der Waals surface area contributed by atoms with Gasteiger partial charge in [0.05, 0.1) is 11.3 Å². The molecule has 0 bridgehead atoms. The summed E-state index contributed by atoms with van der Waals surface area (Å²) in [5.41, 5.74) is 5.33. The number of nitrogens with two attached hydrogens (primary N) is 1. The van der Waals surface area contributed by atoms with Crippen LogP contribution in [-0.4, -0.2) is 4.98 Å². The number of nitrogen functional groups attached to an aromatic ring is 1. The number of hydrogen-bond donors (Lipinski definition) is 1. The summed E-state index contributed by atoms with van der Waals surface area (Å²) in [6.07, 6.45) is -2.92. The second-order valence-corrected chi connectivity index (χ2v) is 5.58. The fourth-order valence-electron chi connectivity index (χ4n) is 1.41. The van der Waals surface area contributed by atoms with Crippen LogP contribution in [0.25, 0.3) is 0 Å². The number of benzene rings is 1. The van der Waals surface area contributed by atoms with Gasteiger partial charge in [0.25, 0.3) is 0 Å². The van der Waals surface area contributed by atoms with Crippen molar-refractivity contribution < 1.29 is 13.2 Å². The Balaban J connectivity index is 2.45. The molecule has 1 heterocycles. The number of halogens is 4. The summed E-state index contributed by atoms with van der Waals surface area (Å²) in [6.45, 7) is 0. The van der Waals surface area contributed by atoms with Crippen molar-refractivity contribution in [3.05, 3.63) is 46.6 Å². The van der Waals surface area contributed by atoms with E-state index in [9.17, 15) is 13.2 Å². The van der Waals surface area contributed by atoms with Gasteiger partial charge in [-0.25, -0.2) is 4.98 Å². The highest BCUT2D eigenvalue weighted by molar-refractivity contribution is 9.10. The van der Waals surface area contributed by atoms with Gasteiger partial charge in [-0.1, -0.05) is 27.7 Å². The van der Waals surface area contributed by atoms with Crippen LogP contribution in [-0.2, 0) is 6.18 Å². The molecule has 0 aliphatic carbocycles. The Hall–Kier alpha value is -1.21. The lowest BCUT2D eigenvalue weighted by atomic mass is 10.2. The molecule has 19 heavy (non-hydrogen) atoms. The fraction of sp³-hybridized carbons (Fsp3) is 0.0833. The van der Waals surface area contributed by atoms with Crippen LogP contribution in [0.15, 0.2) is 50.9 Å². The third-order valence-electron chi connectivity index (χ3n) is 2.26. The maximum Gasteiger partial charge on any atom is 0.417 e. The number of alkyl halides is 3. The zero-order valence-corrected chi connectivity index (χ0v) is 11.8. The van der Waals surface area contributed by atoms with Crippen molar-refractivity contribution in [3.8, 4) is 0 Å². The van der Waals surface area contributed by atoms with Crippen molar-refractivity contribution in [2.24, 2.45) is 0 Å². The molecular weight excluding hydrogens is 341 g/mol. The smallest absolute Gasteiger partial charge is 0.397 e. The normalized spacial score (nSPS) is 11.6. The largest absolute Gasteiger partial charge is 0.417 e. The Morgan fingerprint density at radius 3 is 2.58 bits per heavy atom. The Bertz CT molecular complexity index is 602. The minimum atomic E-state index is -4.41. The number of anilines is 1. The maximum atomic E-state index is 12.9. The zero-order valence-electron chi connectivity index (χ0n) is 9.41. The molecule has 2 N–H and O–H groups in total. The summed E-state index contributed by atoms with van der Waals surface area (Å²) in [6, 6.07) is 7.02. The molecule has 0 radical (unpaired) electrons. The summed E-state index contributed by atoms with van der Waals surface area (Å²) in [5, 5.41) is 0.353. The second kappa shape index (κ2) is 5.42. The standard InChI is InChI=1S/C12H8BrF3N2S/c13-7-3-4-8(12(14,15)16)10(6-7)19-11-9(17)2-1-5-18-11/h1-6H,17H2. The molecule has 7 heteroatoms. The molecule has 2 nitrogen and oxygen atoms in total. The predicted molar refractivity (Wildman–Crippen MR) is 71.9 cm³/mol. The third kappa shape index (κ3) is 3.42. The number of pyridine rings is 1. The molecule has 0 saturated heterocycles. The predicted octanol–water partition coefficient (Wildman–Crippen LogP) is 4.60. The van der Waals surface area contributed by atoms with Gasteiger partial charge in [-0.15, -0.1) is 0 Å². The second-order valence-electron chi connectivity index (χ2n) is 3.64. The molecule has 0 saturated carbocycles. The Morgan fingerprint density at radius 2 is 1.95 bits per heavy atom. The number of hydrogen-bond acceptors (Lipinski definition) is 3. The molecule has 2 rings (SSSR count). The molecule has 0 unspecified atom stereocenters. The van der Waals surface area contributed by atoms with E-state index in [0.29, 0.717) is 15.2 Å². The van der Waals surface area contributed by atoms with Gasteiger partial charge in [-0.2, -0.15) is 13.2 Å². The first kappa shape index (κ1) is 14.2. The summed E-state index contributed by atoms with van der Waals surface area (Å²) in [5.74, 6) is 0. The number of rotatable bonds is 2. The molecule has 0 atom stereocenters. The van der Waals surface area contributed by atoms with E-state index in [2.05, 4.69) is 20.9 Å². The zero-order chi connectivity index (χ0) is 14.0. The van der Waals surface area contributed by atoms with Crippen LogP contribution in [0.5, 0.6) is 0 Å². The Morgan fingerprint density at radius 1 is 1.21 bits per heavy atom. The van der Waals surface area contributed by atoms with E-state index in [0.717, 1.165) is 17.8 Å². The van der Waals surface area contributed by atoms with Crippen LogP contribution >= 0.6 is 27.7 Å². The topological polar surface area (TPSA) is 38.9 Å². The van der Waals surface area contributed by atoms with Crippen molar-refractivity contribution in [1.29, 1.82) is 0 Å². The molecular formula is C12H8BrF3N2S. The third-order valence-corrected chi connectivity index (χ3v) is 3.84. The van der Waals surface area contributed by atoms with Crippen molar-refractivity contribution in [2.75, 3.05) is 5.73 Å². The van der Waals surface area contributed by atoms with Crippen molar-refractivity contribution in [2.45, 2.75) is 16.1 Å². The Kier molecular flexibility index (Phi) is 4.05. The highest BCUT2D eigenvalue weighted by Gasteiger charge is 2.33. The van der Waals surface area contributed by atoms with Crippen LogP contribution in [0.2, 0.25) is 0 Å². The quantitative estimate of drug-likeness (QED) is 0.862. The van der Waals surface area contributed by atoms with Crippen molar-refractivity contribution >= 4 is 33.4 Å². The van der Waals surface area contributed by atoms with Gasteiger partial charge in [0, 0.05) is 15.6 Å². The minimum Gasteiger partial charge on any atom is -0.397 e. The van der Waals surface area contributed by atoms with Gasteiger partial charge in [-0.3, -0.25) is 0 Å². The Labute approximate surface area is 120 Å². The number of aromatic nitrogens is 1. The van der Waals surface area contributed by atoms with Gasteiger partial charge in [-0.05, 0) is 30.3 Å². The van der Waals surface area contributed by atoms with Crippen LogP contribution in [0.3, 0.4) is 0 Å². The summed E-state index contributed by atoms with van der Waals surface area (Å²) in [7, 11) is 0. The van der Waals surface area contributed by atoms with E-state index in [1.54, 1.807) is 12.1 Å². The molecule has 0 amide bonds. The molecule has 0 aliphatic heterocycles. The van der Waals surface area contributed by atoms with E-state index >= 15 is 0 Å². The lowest BCUT2D eigenvalue weighted by molar-refractivity contribution is -0.139. The fourth-order valence-corrected chi connectivity index (χ4v) is 2.91. The van der Waals surface area contributed by atoms with E-state index in [4.69, 9.17) is 5.73 Å². The van der Waals surface area contributed by atoms with E-state index < -0.39 is 11.7 Å². The molecule has 0 fully saturated rings. The van der Waals surface area contributed by atoms with E-state index in [1.165, 1.54) is 18.3 Å². The molecule has 1 aromatic carbocycles. The average Bonchev–Trinajstić information content (AvgIpc) is 2.30. The number of nitrogens with zero attached hydrogens (tertiary/aromatic N) is 1. The van der Waals surface area contributed by atoms with Gasteiger partial charge < -0.3 is 5.73 Å². The molecule has 1 aromatic heterocycles. The molecule has 2 aromatic rings. The highest BCUT2D eigenvalue weighted by atomic mass is 79.9. The average molecular weight is 349 g/mol. The summed E-state index contributed by atoms with van der Waals surface area (Å²) < 4.78 is 39.3. The highest BCUT2D eigenvalue weighted by Crippen LogP contribution is 2.41. The van der Waals surface area contributed by atoms with Crippen molar-refractivity contribution in [3.63, 3.8) is 0 Å². The van der Waals surface area contributed by atoms with E-state index in [1.807, 2.05) is 0 Å². The monoisotopic (exact) mass is 348 g/mol. The van der Waals surface area contributed by atoms with E-state index in [-0.39, 0.29) is 4.90 Å². The molecule has 0 aliphatic rings. The maximum absolute atomic E-state index is 12.9. The SMILES string of the molecule is Nc1cccnc1Sc1cc(Br)ccc1C(F)(F)F. The first-order valence-corrected chi connectivity index (χ1v) is 6.74. The summed E-state index contributed by atoms with van der Waals surface area (Å²) >= 11 is 4.06. The molecule has 0 spiro atoms. The summed E-state index contributed by atoms with van der Waals surface area (Å²) in [4.78, 5) is 4.04. The van der Waals surface area contributed by atoms with Gasteiger partial charge in [0.2, 0.25) is 0 Å². The van der Waals surface area contributed by atoms with Crippen LogP contribution < -0.4 is 5.73 Å². The van der Waals surface area contributed by atoms with Crippen molar-refractivity contribution in [1.82, 2.24) is 4.98 Å². The van der Waals surface area contributed by atoms with Gasteiger partial charge >= 0.3 is 6.18 Å². The van der Waals surface area contributed by atoms with Crippen LogP contribution in [0, 0.1) is 0 Å². The molecule has 100 valence electrons. The van der Waals surface area contributed by atoms with Gasteiger partial charge in [0.15, 0.2) is 0 Å². The van der Waals surface area contributed by atoms with Crippen LogP contribution in [0.4, 0.5) is 18.9 Å².